The molecule has 1 heterocycles. The maximum absolute atomic E-state index is 12.6. The topological polar surface area (TPSA) is 58.6 Å². The normalized spacial score (nSPS) is 14.7. The molecule has 1 aliphatic rings. The van der Waals surface area contributed by atoms with Crippen molar-refractivity contribution >= 4 is 27.7 Å². The Morgan fingerprint density at radius 1 is 1.07 bits per heavy atom. The molecular formula is C21H23BrN2O3. The summed E-state index contributed by atoms with van der Waals surface area (Å²) in [4.78, 5) is 26.8. The van der Waals surface area contributed by atoms with E-state index in [0.717, 1.165) is 21.3 Å². The van der Waals surface area contributed by atoms with Crippen LogP contribution < -0.4 is 10.1 Å². The minimum Gasteiger partial charge on any atom is -0.497 e. The van der Waals surface area contributed by atoms with Crippen LogP contribution in [0.4, 0.5) is 4.79 Å². The number of rotatable bonds is 5. The number of nitrogens with zero attached hydrogens (tertiary/aromatic N) is 1. The van der Waals surface area contributed by atoms with Crippen LogP contribution in [-0.4, -0.2) is 36.9 Å². The standard InChI is InChI=1S/C21H23BrN2O3/c1-27-19-8-2-15(3-9-19)14-23-21(26)24-12-10-17(11-13-24)20(25)16-4-6-18(22)7-5-16/h2-9,17H,10-14H2,1H3,(H,23,26). The second-order valence-corrected chi connectivity index (χ2v) is 7.55. The van der Waals surface area contributed by atoms with Crippen LogP contribution in [0.1, 0.15) is 28.8 Å². The molecule has 0 aromatic heterocycles. The van der Waals surface area contributed by atoms with Crippen molar-refractivity contribution in [3.8, 4) is 5.75 Å². The number of amides is 2. The molecule has 0 spiro atoms. The molecule has 0 aliphatic carbocycles. The molecule has 0 unspecified atom stereocenters. The molecule has 0 radical (unpaired) electrons. The van der Waals surface area contributed by atoms with E-state index in [1.165, 1.54) is 0 Å². The molecule has 142 valence electrons. The van der Waals surface area contributed by atoms with Crippen LogP contribution in [0.5, 0.6) is 5.75 Å². The van der Waals surface area contributed by atoms with Crippen LogP contribution in [-0.2, 0) is 6.54 Å². The van der Waals surface area contributed by atoms with Crippen molar-refractivity contribution in [3.05, 3.63) is 64.1 Å². The van der Waals surface area contributed by atoms with Gasteiger partial charge in [-0.1, -0.05) is 40.2 Å². The van der Waals surface area contributed by atoms with E-state index in [1.807, 2.05) is 48.5 Å². The maximum atomic E-state index is 12.6. The molecule has 0 bridgehead atoms. The Bertz CT molecular complexity index is 782. The number of carbonyl (C=O) groups is 2. The number of urea groups is 1. The van der Waals surface area contributed by atoms with Crippen LogP contribution in [0.15, 0.2) is 53.0 Å². The zero-order valence-corrected chi connectivity index (χ0v) is 16.9. The molecule has 1 N–H and O–H groups in total. The number of ether oxygens (including phenoxy) is 1. The number of piperidine rings is 1. The summed E-state index contributed by atoms with van der Waals surface area (Å²) in [5.41, 5.74) is 1.75. The molecule has 27 heavy (non-hydrogen) atoms. The first-order valence-electron chi connectivity index (χ1n) is 9.02. The molecule has 0 atom stereocenters. The monoisotopic (exact) mass is 430 g/mol. The van der Waals surface area contributed by atoms with Gasteiger partial charge >= 0.3 is 6.03 Å². The van der Waals surface area contributed by atoms with Gasteiger partial charge in [0, 0.05) is 35.6 Å². The van der Waals surface area contributed by atoms with Gasteiger partial charge in [0.1, 0.15) is 5.75 Å². The van der Waals surface area contributed by atoms with Gasteiger partial charge in [-0.05, 0) is 42.7 Å². The average Bonchev–Trinajstić information content (AvgIpc) is 2.72. The van der Waals surface area contributed by atoms with Crippen molar-refractivity contribution in [2.24, 2.45) is 5.92 Å². The van der Waals surface area contributed by atoms with Gasteiger partial charge in [-0.15, -0.1) is 0 Å². The Labute approximate surface area is 167 Å². The van der Waals surface area contributed by atoms with Gasteiger partial charge in [0.15, 0.2) is 5.78 Å². The molecular weight excluding hydrogens is 408 g/mol. The summed E-state index contributed by atoms with van der Waals surface area (Å²) < 4.78 is 6.09. The zero-order valence-electron chi connectivity index (χ0n) is 15.3. The smallest absolute Gasteiger partial charge is 0.317 e. The summed E-state index contributed by atoms with van der Waals surface area (Å²) in [6.07, 6.45) is 1.40. The number of nitrogens with one attached hydrogen (secondary N) is 1. The molecule has 2 aromatic carbocycles. The first kappa shape index (κ1) is 19.4. The molecule has 1 saturated heterocycles. The predicted octanol–water partition coefficient (Wildman–Crippen LogP) is 4.26. The SMILES string of the molecule is COc1ccc(CNC(=O)N2CCC(C(=O)c3ccc(Br)cc3)CC2)cc1. The number of hydrogen-bond acceptors (Lipinski definition) is 3. The summed E-state index contributed by atoms with van der Waals surface area (Å²) >= 11 is 3.38. The van der Waals surface area contributed by atoms with E-state index in [4.69, 9.17) is 4.74 Å². The van der Waals surface area contributed by atoms with Crippen LogP contribution in [0.2, 0.25) is 0 Å². The molecule has 6 heteroatoms. The van der Waals surface area contributed by atoms with Crippen molar-refractivity contribution in [2.75, 3.05) is 20.2 Å². The number of methoxy groups -OCH3 is 1. The van der Waals surface area contributed by atoms with E-state index in [-0.39, 0.29) is 17.7 Å². The quantitative estimate of drug-likeness (QED) is 0.720. The largest absolute Gasteiger partial charge is 0.497 e. The molecule has 5 nitrogen and oxygen atoms in total. The lowest BCUT2D eigenvalue weighted by molar-refractivity contribution is 0.0854. The molecule has 1 aliphatic heterocycles. The van der Waals surface area contributed by atoms with E-state index in [9.17, 15) is 9.59 Å². The molecule has 0 saturated carbocycles. The number of ketones is 1. The lowest BCUT2D eigenvalue weighted by Gasteiger charge is -2.31. The van der Waals surface area contributed by atoms with Gasteiger partial charge in [-0.3, -0.25) is 4.79 Å². The zero-order chi connectivity index (χ0) is 19.2. The summed E-state index contributed by atoms with van der Waals surface area (Å²) in [5, 5.41) is 2.94. The number of likely N-dealkylation sites (tertiary alicyclic amines) is 1. The Morgan fingerprint density at radius 2 is 1.70 bits per heavy atom. The third kappa shape index (κ3) is 5.10. The van der Waals surface area contributed by atoms with E-state index in [0.29, 0.717) is 32.5 Å². The van der Waals surface area contributed by atoms with Crippen LogP contribution in [0, 0.1) is 5.92 Å². The molecule has 1 fully saturated rings. The number of benzene rings is 2. The minimum atomic E-state index is -0.0830. The highest BCUT2D eigenvalue weighted by atomic mass is 79.9. The number of halogens is 1. The van der Waals surface area contributed by atoms with Crippen molar-refractivity contribution in [3.63, 3.8) is 0 Å². The lowest BCUT2D eigenvalue weighted by Crippen LogP contribution is -2.45. The summed E-state index contributed by atoms with van der Waals surface area (Å²) in [6, 6.07) is 15.0. The fraction of sp³-hybridized carbons (Fsp3) is 0.333. The third-order valence-electron chi connectivity index (χ3n) is 4.88. The third-order valence-corrected chi connectivity index (χ3v) is 5.41. The van der Waals surface area contributed by atoms with Gasteiger partial charge in [0.25, 0.3) is 0 Å². The highest BCUT2D eigenvalue weighted by Crippen LogP contribution is 2.23. The van der Waals surface area contributed by atoms with E-state index in [1.54, 1.807) is 12.0 Å². The maximum Gasteiger partial charge on any atom is 0.317 e. The Kier molecular flexibility index (Phi) is 6.50. The summed E-state index contributed by atoms with van der Waals surface area (Å²) in [6.45, 7) is 1.67. The number of carbonyl (C=O) groups excluding carboxylic acids is 2. The fourth-order valence-electron chi connectivity index (χ4n) is 3.23. The summed E-state index contributed by atoms with van der Waals surface area (Å²) in [5.74, 6) is 0.945. The van der Waals surface area contributed by atoms with E-state index in [2.05, 4.69) is 21.2 Å². The average molecular weight is 431 g/mol. The van der Waals surface area contributed by atoms with Crippen LogP contribution in [0.25, 0.3) is 0 Å². The van der Waals surface area contributed by atoms with Gasteiger partial charge in [-0.25, -0.2) is 4.79 Å². The minimum absolute atomic E-state index is 0.0168. The lowest BCUT2D eigenvalue weighted by atomic mass is 9.89. The first-order chi connectivity index (χ1) is 13.1. The fourth-order valence-corrected chi connectivity index (χ4v) is 3.49. The van der Waals surface area contributed by atoms with Crippen molar-refractivity contribution in [1.82, 2.24) is 10.2 Å². The van der Waals surface area contributed by atoms with Crippen molar-refractivity contribution < 1.29 is 14.3 Å². The van der Waals surface area contributed by atoms with Gasteiger partial charge < -0.3 is 15.0 Å². The second kappa shape index (κ2) is 9.04. The van der Waals surface area contributed by atoms with Gasteiger partial charge in [-0.2, -0.15) is 0 Å². The van der Waals surface area contributed by atoms with Gasteiger partial charge in [0.2, 0.25) is 0 Å². The van der Waals surface area contributed by atoms with E-state index < -0.39 is 0 Å². The number of Topliss-reactive ketones (excluding diaryl/α,β-unsaturated/α-hetero) is 1. The molecule has 2 amide bonds. The highest BCUT2D eigenvalue weighted by Gasteiger charge is 2.27. The van der Waals surface area contributed by atoms with Crippen LogP contribution in [0.3, 0.4) is 0 Å². The number of hydrogen-bond donors (Lipinski definition) is 1. The van der Waals surface area contributed by atoms with Crippen molar-refractivity contribution in [2.45, 2.75) is 19.4 Å². The van der Waals surface area contributed by atoms with E-state index >= 15 is 0 Å². The molecule has 2 aromatic rings. The van der Waals surface area contributed by atoms with Crippen molar-refractivity contribution in [1.29, 1.82) is 0 Å². The summed E-state index contributed by atoms with van der Waals surface area (Å²) in [7, 11) is 1.63. The highest BCUT2D eigenvalue weighted by molar-refractivity contribution is 9.10. The Hall–Kier alpha value is -2.34. The van der Waals surface area contributed by atoms with Crippen LogP contribution >= 0.6 is 15.9 Å². The Morgan fingerprint density at radius 3 is 2.30 bits per heavy atom. The second-order valence-electron chi connectivity index (χ2n) is 6.64. The van der Waals surface area contributed by atoms with Gasteiger partial charge in [0.05, 0.1) is 7.11 Å². The molecule has 3 rings (SSSR count). The first-order valence-corrected chi connectivity index (χ1v) is 9.81. The Balaban J connectivity index is 1.47. The predicted molar refractivity (Wildman–Crippen MR) is 108 cm³/mol.